The van der Waals surface area contributed by atoms with E-state index >= 15 is 0 Å². The van der Waals surface area contributed by atoms with E-state index in [4.69, 9.17) is 0 Å². The van der Waals surface area contributed by atoms with Crippen LogP contribution in [0.4, 0.5) is 4.79 Å². The molecule has 0 spiro atoms. The molecule has 1 aromatic heterocycles. The van der Waals surface area contributed by atoms with Crippen LogP contribution in [0, 0.1) is 11.8 Å². The Morgan fingerprint density at radius 2 is 2.24 bits per heavy atom. The number of fused-ring (bicyclic) bond motifs is 1. The number of nitrogens with zero attached hydrogens (tertiary/aromatic N) is 3. The highest BCUT2D eigenvalue weighted by Crippen LogP contribution is 2.42. The smallest absolute Gasteiger partial charge is 0.326 e. The van der Waals surface area contributed by atoms with Crippen molar-refractivity contribution in [1.82, 2.24) is 19.8 Å². The molecule has 1 saturated heterocycles. The maximum atomic E-state index is 12.2. The van der Waals surface area contributed by atoms with Crippen molar-refractivity contribution >= 4 is 12.0 Å². The van der Waals surface area contributed by atoms with E-state index in [9.17, 15) is 14.7 Å². The van der Waals surface area contributed by atoms with Crippen molar-refractivity contribution in [3.8, 4) is 0 Å². The van der Waals surface area contributed by atoms with Crippen LogP contribution in [0.2, 0.25) is 0 Å². The van der Waals surface area contributed by atoms with Crippen LogP contribution in [0.5, 0.6) is 0 Å². The van der Waals surface area contributed by atoms with Gasteiger partial charge in [-0.2, -0.15) is 0 Å². The SMILES string of the molecule is O=C(O)C1C2CCCC2CN1C(=O)NCCn1ccnc1. The Balaban J connectivity index is 1.57. The maximum absolute atomic E-state index is 12.2. The Morgan fingerprint density at radius 3 is 2.95 bits per heavy atom. The molecular weight excluding hydrogens is 272 g/mol. The minimum absolute atomic E-state index is 0.127. The fourth-order valence-electron chi connectivity index (χ4n) is 3.64. The van der Waals surface area contributed by atoms with Crippen molar-refractivity contribution in [2.45, 2.75) is 31.8 Å². The second-order valence-corrected chi connectivity index (χ2v) is 5.82. The average Bonchev–Trinajstić information content (AvgIpc) is 3.13. The van der Waals surface area contributed by atoms with E-state index in [0.717, 1.165) is 19.3 Å². The molecule has 0 aromatic carbocycles. The minimum atomic E-state index is -0.880. The number of rotatable bonds is 4. The molecule has 2 aliphatic rings. The van der Waals surface area contributed by atoms with E-state index in [1.54, 1.807) is 12.5 Å². The Bertz CT molecular complexity index is 516. The van der Waals surface area contributed by atoms with Crippen molar-refractivity contribution < 1.29 is 14.7 Å². The van der Waals surface area contributed by atoms with Gasteiger partial charge in [0.25, 0.3) is 0 Å². The second-order valence-electron chi connectivity index (χ2n) is 5.82. The first-order valence-electron chi connectivity index (χ1n) is 7.40. The zero-order valence-corrected chi connectivity index (χ0v) is 11.8. The maximum Gasteiger partial charge on any atom is 0.326 e. The van der Waals surface area contributed by atoms with Crippen molar-refractivity contribution in [3.63, 3.8) is 0 Å². The van der Waals surface area contributed by atoms with Crippen molar-refractivity contribution in [2.75, 3.05) is 13.1 Å². The number of hydrogen-bond donors (Lipinski definition) is 2. The summed E-state index contributed by atoms with van der Waals surface area (Å²) < 4.78 is 1.87. The van der Waals surface area contributed by atoms with Gasteiger partial charge in [-0.1, -0.05) is 6.42 Å². The van der Waals surface area contributed by atoms with Crippen LogP contribution in [-0.4, -0.2) is 50.7 Å². The van der Waals surface area contributed by atoms with Gasteiger partial charge in [-0.25, -0.2) is 14.6 Å². The lowest BCUT2D eigenvalue weighted by Gasteiger charge is -2.24. The lowest BCUT2D eigenvalue weighted by molar-refractivity contribution is -0.142. The first-order chi connectivity index (χ1) is 10.2. The summed E-state index contributed by atoms with van der Waals surface area (Å²) in [7, 11) is 0. The van der Waals surface area contributed by atoms with Gasteiger partial charge in [0.1, 0.15) is 6.04 Å². The normalized spacial score (nSPS) is 27.6. The number of urea groups is 1. The van der Waals surface area contributed by atoms with Gasteiger partial charge in [-0.05, 0) is 24.7 Å². The predicted molar refractivity (Wildman–Crippen MR) is 74.6 cm³/mol. The number of carbonyl (C=O) groups is 2. The molecule has 1 aliphatic heterocycles. The summed E-state index contributed by atoms with van der Waals surface area (Å²) in [4.78, 5) is 29.2. The van der Waals surface area contributed by atoms with Crippen LogP contribution < -0.4 is 5.32 Å². The molecule has 7 nitrogen and oxygen atoms in total. The molecule has 2 amide bonds. The molecule has 3 rings (SSSR count). The molecule has 7 heteroatoms. The zero-order valence-electron chi connectivity index (χ0n) is 11.8. The lowest BCUT2D eigenvalue weighted by atomic mass is 9.94. The molecule has 1 saturated carbocycles. The number of hydrogen-bond acceptors (Lipinski definition) is 3. The third-order valence-corrected chi connectivity index (χ3v) is 4.61. The van der Waals surface area contributed by atoms with Crippen LogP contribution in [0.1, 0.15) is 19.3 Å². The highest BCUT2D eigenvalue weighted by Gasteiger charge is 2.49. The number of carboxylic acid groups (broad SMARTS) is 1. The molecule has 114 valence electrons. The van der Waals surface area contributed by atoms with Crippen LogP contribution in [-0.2, 0) is 11.3 Å². The number of carbonyl (C=O) groups excluding carboxylic acids is 1. The van der Waals surface area contributed by atoms with Crippen molar-refractivity contribution in [3.05, 3.63) is 18.7 Å². The molecule has 1 aliphatic carbocycles. The van der Waals surface area contributed by atoms with Gasteiger partial charge in [0.05, 0.1) is 6.33 Å². The summed E-state index contributed by atoms with van der Waals surface area (Å²) in [5.74, 6) is -0.401. The van der Waals surface area contributed by atoms with Crippen molar-refractivity contribution in [1.29, 1.82) is 0 Å². The van der Waals surface area contributed by atoms with Gasteiger partial charge >= 0.3 is 12.0 Å². The van der Waals surface area contributed by atoms with Gasteiger partial charge in [0, 0.05) is 32.0 Å². The Morgan fingerprint density at radius 1 is 1.38 bits per heavy atom. The molecule has 3 unspecified atom stereocenters. The Hall–Kier alpha value is -2.05. The first kappa shape index (κ1) is 13.9. The van der Waals surface area contributed by atoms with E-state index in [1.807, 2.05) is 10.8 Å². The Labute approximate surface area is 122 Å². The molecule has 2 N–H and O–H groups in total. The monoisotopic (exact) mass is 292 g/mol. The minimum Gasteiger partial charge on any atom is -0.480 e. The predicted octanol–water partition coefficient (Wildman–Crippen LogP) is 0.778. The number of imidazole rings is 1. The molecule has 0 radical (unpaired) electrons. The zero-order chi connectivity index (χ0) is 14.8. The number of aliphatic carboxylic acids is 1. The molecule has 1 aromatic rings. The van der Waals surface area contributed by atoms with Crippen LogP contribution in [0.3, 0.4) is 0 Å². The number of nitrogens with one attached hydrogen (secondary N) is 1. The summed E-state index contributed by atoms with van der Waals surface area (Å²) in [6, 6.07) is -0.928. The fourth-order valence-corrected chi connectivity index (χ4v) is 3.64. The van der Waals surface area contributed by atoms with E-state index in [2.05, 4.69) is 10.3 Å². The second kappa shape index (κ2) is 5.75. The summed E-state index contributed by atoms with van der Waals surface area (Å²) in [5, 5.41) is 12.2. The summed E-state index contributed by atoms with van der Waals surface area (Å²) in [6.07, 6.45) is 8.23. The van der Waals surface area contributed by atoms with E-state index in [1.165, 1.54) is 4.90 Å². The standard InChI is InChI=1S/C14H20N4O3/c19-13(20)12-11-3-1-2-10(11)8-18(12)14(21)16-5-7-17-6-4-15-9-17/h4,6,9-12H,1-3,5,7-8H2,(H,16,21)(H,19,20). The van der Waals surface area contributed by atoms with Gasteiger partial charge in [-0.3, -0.25) is 0 Å². The van der Waals surface area contributed by atoms with E-state index in [0.29, 0.717) is 25.6 Å². The number of likely N-dealkylation sites (tertiary alicyclic amines) is 1. The molecule has 2 fully saturated rings. The molecule has 3 atom stereocenters. The summed E-state index contributed by atoms with van der Waals surface area (Å²) in [5.41, 5.74) is 0. The fraction of sp³-hybridized carbons (Fsp3) is 0.643. The largest absolute Gasteiger partial charge is 0.480 e. The number of aromatic nitrogens is 2. The quantitative estimate of drug-likeness (QED) is 0.858. The molecular formula is C14H20N4O3. The molecule has 0 bridgehead atoms. The molecule has 21 heavy (non-hydrogen) atoms. The van der Waals surface area contributed by atoms with Crippen LogP contribution in [0.25, 0.3) is 0 Å². The topological polar surface area (TPSA) is 87.5 Å². The number of amides is 2. The average molecular weight is 292 g/mol. The van der Waals surface area contributed by atoms with Gasteiger partial charge < -0.3 is 19.9 Å². The number of carboxylic acids is 1. The lowest BCUT2D eigenvalue weighted by Crippen LogP contribution is -2.48. The van der Waals surface area contributed by atoms with Crippen LogP contribution in [0.15, 0.2) is 18.7 Å². The first-order valence-corrected chi connectivity index (χ1v) is 7.40. The van der Waals surface area contributed by atoms with Crippen LogP contribution >= 0.6 is 0 Å². The Kier molecular flexibility index (Phi) is 3.81. The summed E-state index contributed by atoms with van der Waals surface area (Å²) in [6.45, 7) is 1.66. The van der Waals surface area contributed by atoms with Gasteiger partial charge in [0.2, 0.25) is 0 Å². The van der Waals surface area contributed by atoms with Gasteiger partial charge in [-0.15, -0.1) is 0 Å². The highest BCUT2D eigenvalue weighted by atomic mass is 16.4. The molecule has 2 heterocycles. The van der Waals surface area contributed by atoms with Crippen molar-refractivity contribution in [2.24, 2.45) is 11.8 Å². The van der Waals surface area contributed by atoms with E-state index < -0.39 is 12.0 Å². The van der Waals surface area contributed by atoms with Gasteiger partial charge in [0.15, 0.2) is 0 Å². The third kappa shape index (κ3) is 2.72. The highest BCUT2D eigenvalue weighted by molar-refractivity contribution is 5.83. The van der Waals surface area contributed by atoms with E-state index in [-0.39, 0.29) is 11.9 Å². The third-order valence-electron chi connectivity index (χ3n) is 4.61. The summed E-state index contributed by atoms with van der Waals surface area (Å²) >= 11 is 0.